The topological polar surface area (TPSA) is 106 Å². The predicted octanol–water partition coefficient (Wildman–Crippen LogP) is 6.66. The lowest BCUT2D eigenvalue weighted by atomic mass is 10.1. The highest BCUT2D eigenvalue weighted by molar-refractivity contribution is 8.15. The van der Waals surface area contributed by atoms with Crippen LogP contribution in [-0.4, -0.2) is 55.9 Å². The third kappa shape index (κ3) is 9.02. The van der Waals surface area contributed by atoms with E-state index in [4.69, 9.17) is 17.0 Å². The Balaban J connectivity index is 1.20. The fourth-order valence-electron chi connectivity index (χ4n) is 4.37. The molecule has 4 aromatic rings. The maximum absolute atomic E-state index is 12.8. The van der Waals surface area contributed by atoms with E-state index in [0.29, 0.717) is 22.6 Å². The van der Waals surface area contributed by atoms with Gasteiger partial charge in [-0.25, -0.2) is 15.1 Å². The number of halogens is 6. The lowest BCUT2D eigenvalue weighted by Gasteiger charge is -2.21. The zero-order valence-electron chi connectivity index (χ0n) is 25.0. The molecule has 1 aromatic heterocycles. The number of hydrazine groups is 1. The Morgan fingerprint density at radius 3 is 2.44 bits per heavy atom. The SMILES string of the molecule is Cc1ccc(OCC(F)(F)F)c(N2C(=O)CSC2=NC(=S)NNC(C)c2ccc(-c3ncn(-c4ccc(OC(F)(F)F)cc4)n3)cc2)c1. The van der Waals surface area contributed by atoms with Crippen molar-refractivity contribution in [1.29, 1.82) is 0 Å². The van der Waals surface area contributed by atoms with Gasteiger partial charge in [-0.15, -0.1) is 18.3 Å². The van der Waals surface area contributed by atoms with Crippen molar-refractivity contribution in [2.45, 2.75) is 32.4 Å². The highest BCUT2D eigenvalue weighted by Crippen LogP contribution is 2.36. The summed E-state index contributed by atoms with van der Waals surface area (Å²) in [4.78, 5) is 22.5. The molecular weight excluding hydrogens is 684 g/mol. The Morgan fingerprint density at radius 2 is 1.77 bits per heavy atom. The van der Waals surface area contributed by atoms with Crippen molar-refractivity contribution in [3.63, 3.8) is 0 Å². The molecule has 252 valence electrons. The number of ether oxygens (including phenoxy) is 2. The lowest BCUT2D eigenvalue weighted by molar-refractivity contribution is -0.274. The number of thioether (sulfide) groups is 1. The van der Waals surface area contributed by atoms with Crippen molar-refractivity contribution in [1.82, 2.24) is 25.6 Å². The second-order valence-corrected chi connectivity index (χ2v) is 11.6. The maximum atomic E-state index is 12.8. The summed E-state index contributed by atoms with van der Waals surface area (Å²) in [7, 11) is 0. The number of aliphatic imine (C=N–C) groups is 1. The summed E-state index contributed by atoms with van der Waals surface area (Å²) in [5, 5.41) is 4.56. The Morgan fingerprint density at radius 1 is 1.06 bits per heavy atom. The van der Waals surface area contributed by atoms with Crippen molar-refractivity contribution < 1.29 is 40.6 Å². The van der Waals surface area contributed by atoms with E-state index in [2.05, 4.69) is 30.7 Å². The molecule has 0 bridgehead atoms. The monoisotopic (exact) mass is 709 g/mol. The molecule has 10 nitrogen and oxygen atoms in total. The number of alkyl halides is 6. The van der Waals surface area contributed by atoms with Gasteiger partial charge >= 0.3 is 12.5 Å². The molecule has 1 aliphatic heterocycles. The molecule has 48 heavy (non-hydrogen) atoms. The van der Waals surface area contributed by atoms with Crippen LogP contribution in [0.2, 0.25) is 0 Å². The highest BCUT2D eigenvalue weighted by atomic mass is 32.2. The normalized spacial score (nSPS) is 15.1. The van der Waals surface area contributed by atoms with Gasteiger partial charge in [0, 0.05) is 11.6 Å². The number of aryl methyl sites for hydroxylation is 1. The number of nitrogens with zero attached hydrogens (tertiary/aromatic N) is 5. The number of rotatable bonds is 9. The Bertz CT molecular complexity index is 1810. The van der Waals surface area contributed by atoms with Gasteiger partial charge in [-0.05, 0) is 73.6 Å². The second kappa shape index (κ2) is 14.2. The van der Waals surface area contributed by atoms with Crippen LogP contribution in [0.15, 0.2) is 78.0 Å². The minimum Gasteiger partial charge on any atom is -0.482 e. The van der Waals surface area contributed by atoms with Crippen molar-refractivity contribution in [3.05, 3.63) is 84.2 Å². The van der Waals surface area contributed by atoms with Crippen LogP contribution in [0.3, 0.4) is 0 Å². The Labute approximate surface area is 279 Å². The number of carbonyl (C=O) groups is 1. The smallest absolute Gasteiger partial charge is 0.482 e. The summed E-state index contributed by atoms with van der Waals surface area (Å²) >= 11 is 6.43. The van der Waals surface area contributed by atoms with Gasteiger partial charge in [-0.2, -0.15) is 18.2 Å². The maximum Gasteiger partial charge on any atom is 0.573 e. The minimum absolute atomic E-state index is 0.0145. The van der Waals surface area contributed by atoms with Gasteiger partial charge in [0.25, 0.3) is 0 Å². The molecule has 1 unspecified atom stereocenters. The van der Waals surface area contributed by atoms with Gasteiger partial charge in [0.15, 0.2) is 17.6 Å². The van der Waals surface area contributed by atoms with Crippen LogP contribution in [0, 0.1) is 6.92 Å². The van der Waals surface area contributed by atoms with Crippen LogP contribution >= 0.6 is 24.0 Å². The summed E-state index contributed by atoms with van der Waals surface area (Å²) in [5.74, 6) is -0.456. The Hall–Kier alpha value is -4.68. The van der Waals surface area contributed by atoms with Crippen LogP contribution in [0.1, 0.15) is 24.1 Å². The molecule has 2 N–H and O–H groups in total. The third-order valence-corrected chi connectivity index (χ3v) is 7.72. The molecule has 0 saturated carbocycles. The van der Waals surface area contributed by atoms with Crippen LogP contribution < -0.4 is 25.2 Å². The van der Waals surface area contributed by atoms with Crippen molar-refractivity contribution in [2.24, 2.45) is 4.99 Å². The van der Waals surface area contributed by atoms with Gasteiger partial charge in [0.2, 0.25) is 11.0 Å². The van der Waals surface area contributed by atoms with E-state index in [-0.39, 0.29) is 39.3 Å². The largest absolute Gasteiger partial charge is 0.573 e. The average Bonchev–Trinajstić information content (AvgIpc) is 3.65. The molecule has 5 rings (SSSR count). The lowest BCUT2D eigenvalue weighted by Crippen LogP contribution is -2.38. The number of anilines is 1. The van der Waals surface area contributed by atoms with Crippen molar-refractivity contribution in [3.8, 4) is 28.6 Å². The number of hydrogen-bond acceptors (Lipinski definition) is 8. The van der Waals surface area contributed by atoms with Gasteiger partial charge < -0.3 is 9.47 Å². The van der Waals surface area contributed by atoms with Crippen molar-refractivity contribution in [2.75, 3.05) is 17.3 Å². The summed E-state index contributed by atoms with van der Waals surface area (Å²) < 4.78 is 86.1. The number of nitrogens with one attached hydrogen (secondary N) is 2. The van der Waals surface area contributed by atoms with E-state index in [1.807, 2.05) is 19.1 Å². The number of hydrogen-bond donors (Lipinski definition) is 2. The second-order valence-electron chi connectivity index (χ2n) is 10.3. The predicted molar refractivity (Wildman–Crippen MR) is 171 cm³/mol. The fraction of sp³-hybridized carbons (Fsp3) is 0.233. The standard InChI is InChI=1S/C30H25F6N7O3S2/c1-17-3-12-24(45-15-29(31,32)33)23(13-17)43-25(44)14-48-28(43)38-27(47)40-39-18(2)19-4-6-20(7-5-19)26-37-16-42(41-26)21-8-10-22(11-9-21)46-30(34,35)36/h3-13,16,18,39H,14-15H2,1-2H3,(H,40,47). The number of carbonyl (C=O) groups excluding carboxylic acids is 1. The molecule has 0 aliphatic carbocycles. The molecular formula is C30H25F6N7O3S2. The zero-order valence-corrected chi connectivity index (χ0v) is 26.6. The van der Waals surface area contributed by atoms with E-state index in [1.54, 1.807) is 31.2 Å². The van der Waals surface area contributed by atoms with E-state index in [9.17, 15) is 31.1 Å². The van der Waals surface area contributed by atoms with E-state index in [1.165, 1.54) is 46.2 Å². The van der Waals surface area contributed by atoms with Crippen LogP contribution in [0.25, 0.3) is 17.1 Å². The third-order valence-electron chi connectivity index (χ3n) is 6.60. The summed E-state index contributed by atoms with van der Waals surface area (Å²) in [6.45, 7) is 2.07. The van der Waals surface area contributed by atoms with Crippen molar-refractivity contribution >= 4 is 45.9 Å². The summed E-state index contributed by atoms with van der Waals surface area (Å²) in [6.07, 6.45) is -7.91. The molecule has 1 fully saturated rings. The Kier molecular flexibility index (Phi) is 10.3. The molecule has 0 radical (unpaired) electrons. The molecule has 0 spiro atoms. The molecule has 18 heteroatoms. The molecule has 1 atom stereocenters. The van der Waals surface area contributed by atoms with Gasteiger partial charge in [-0.3, -0.25) is 15.1 Å². The van der Waals surface area contributed by atoms with Crippen LogP contribution in [-0.2, 0) is 4.79 Å². The van der Waals surface area contributed by atoms with E-state index >= 15 is 0 Å². The number of benzene rings is 3. The molecule has 3 aromatic carbocycles. The van der Waals surface area contributed by atoms with E-state index in [0.717, 1.165) is 17.3 Å². The first-order chi connectivity index (χ1) is 22.6. The fourth-order valence-corrected chi connectivity index (χ4v) is 5.44. The molecule has 2 heterocycles. The van der Waals surface area contributed by atoms with Crippen LogP contribution in [0.4, 0.5) is 32.0 Å². The number of aromatic nitrogens is 3. The number of thiocarbonyl (C=S) groups is 1. The van der Waals surface area contributed by atoms with E-state index < -0.39 is 25.1 Å². The average molecular weight is 710 g/mol. The minimum atomic E-state index is -4.79. The number of amidine groups is 1. The first-order valence-electron chi connectivity index (χ1n) is 13.9. The summed E-state index contributed by atoms with van der Waals surface area (Å²) in [5.41, 5.74) is 8.69. The highest BCUT2D eigenvalue weighted by Gasteiger charge is 2.34. The number of amides is 1. The zero-order chi connectivity index (χ0) is 34.6. The van der Waals surface area contributed by atoms with Gasteiger partial charge in [-0.1, -0.05) is 42.1 Å². The van der Waals surface area contributed by atoms with Crippen LogP contribution in [0.5, 0.6) is 11.5 Å². The molecule has 1 amide bonds. The van der Waals surface area contributed by atoms with Gasteiger partial charge in [0.05, 0.1) is 17.1 Å². The first kappa shape index (κ1) is 34.6. The first-order valence-corrected chi connectivity index (χ1v) is 15.3. The molecule has 1 saturated heterocycles. The summed E-state index contributed by atoms with van der Waals surface area (Å²) in [6, 6.07) is 16.7. The quantitative estimate of drug-likeness (QED) is 0.112. The van der Waals surface area contributed by atoms with Gasteiger partial charge in [0.1, 0.15) is 17.8 Å². The molecule has 1 aliphatic rings.